The van der Waals surface area contributed by atoms with Crippen molar-refractivity contribution in [2.75, 3.05) is 18.0 Å². The maximum atomic E-state index is 11.4. The highest BCUT2D eigenvalue weighted by Crippen LogP contribution is 2.27. The maximum Gasteiger partial charge on any atom is 0.339 e. The Morgan fingerprint density at radius 3 is 2.74 bits per heavy atom. The molecule has 0 spiro atoms. The number of carboxylic acids is 1. The molecule has 0 radical (unpaired) electrons. The van der Waals surface area contributed by atoms with Gasteiger partial charge < -0.3 is 15.1 Å². The van der Waals surface area contributed by atoms with Gasteiger partial charge in [-0.05, 0) is 37.8 Å². The van der Waals surface area contributed by atoms with E-state index in [1.54, 1.807) is 13.0 Å². The fourth-order valence-electron chi connectivity index (χ4n) is 2.64. The van der Waals surface area contributed by atoms with E-state index in [0.29, 0.717) is 25.3 Å². The zero-order valence-corrected chi connectivity index (χ0v) is 11.6. The average molecular weight is 264 g/mol. The Kier molecular flexibility index (Phi) is 3.75. The van der Waals surface area contributed by atoms with Crippen molar-refractivity contribution in [2.45, 2.75) is 33.3 Å². The topological polar surface area (TPSA) is 73.7 Å². The number of hydrogen-bond acceptors (Lipinski definition) is 4. The second kappa shape index (κ2) is 5.17. The molecular weight excluding hydrogens is 244 g/mol. The zero-order valence-electron chi connectivity index (χ0n) is 11.6. The fraction of sp³-hybridized carbons (Fsp3) is 0.571. The molecule has 1 aromatic heterocycles. The van der Waals surface area contributed by atoms with Crippen molar-refractivity contribution in [1.29, 1.82) is 0 Å². The summed E-state index contributed by atoms with van der Waals surface area (Å²) in [6.45, 7) is 6.91. The molecule has 1 saturated heterocycles. The molecule has 1 aromatic rings. The number of anilines is 1. The van der Waals surface area contributed by atoms with Crippen LogP contribution in [0.1, 0.15) is 35.0 Å². The Hall–Kier alpha value is -1.62. The van der Waals surface area contributed by atoms with Crippen LogP contribution in [0.15, 0.2) is 6.07 Å². The van der Waals surface area contributed by atoms with Crippen LogP contribution in [0, 0.1) is 19.8 Å². The second-order valence-electron chi connectivity index (χ2n) is 5.36. The molecule has 2 N–H and O–H groups in total. The molecular formula is C14H20N2O3. The SMILES string of the molecule is Cc1cc(C)c(C(=O)O)c(N2CCC(O)C(C)C2)n1. The van der Waals surface area contributed by atoms with Crippen LogP contribution < -0.4 is 4.90 Å². The fourth-order valence-corrected chi connectivity index (χ4v) is 2.64. The summed E-state index contributed by atoms with van der Waals surface area (Å²) in [6.07, 6.45) is 0.338. The number of hydrogen-bond donors (Lipinski definition) is 2. The number of aromatic carboxylic acids is 1. The lowest BCUT2D eigenvalue weighted by Crippen LogP contribution is -2.43. The number of aliphatic hydroxyl groups excluding tert-OH is 1. The van der Waals surface area contributed by atoms with Crippen molar-refractivity contribution in [1.82, 2.24) is 4.98 Å². The molecule has 1 aliphatic rings. The summed E-state index contributed by atoms with van der Waals surface area (Å²) in [7, 11) is 0. The number of aliphatic hydroxyl groups is 1. The third-order valence-electron chi connectivity index (χ3n) is 3.70. The Bertz CT molecular complexity index is 502. The summed E-state index contributed by atoms with van der Waals surface area (Å²) in [6, 6.07) is 1.79. The minimum absolute atomic E-state index is 0.123. The van der Waals surface area contributed by atoms with Gasteiger partial charge in [0.25, 0.3) is 0 Å². The van der Waals surface area contributed by atoms with Crippen molar-refractivity contribution in [2.24, 2.45) is 5.92 Å². The third-order valence-corrected chi connectivity index (χ3v) is 3.70. The van der Waals surface area contributed by atoms with E-state index in [1.165, 1.54) is 0 Å². The Balaban J connectivity index is 2.41. The first-order valence-electron chi connectivity index (χ1n) is 6.54. The van der Waals surface area contributed by atoms with Crippen LogP contribution in [-0.2, 0) is 0 Å². The Morgan fingerprint density at radius 2 is 2.16 bits per heavy atom. The molecule has 19 heavy (non-hydrogen) atoms. The summed E-state index contributed by atoms with van der Waals surface area (Å²) in [4.78, 5) is 17.8. The average Bonchev–Trinajstić information content (AvgIpc) is 2.31. The molecule has 0 aromatic carbocycles. The van der Waals surface area contributed by atoms with Crippen LogP contribution in [0.25, 0.3) is 0 Å². The number of aromatic nitrogens is 1. The number of aryl methyl sites for hydroxylation is 2. The Morgan fingerprint density at radius 1 is 1.47 bits per heavy atom. The molecule has 0 amide bonds. The van der Waals surface area contributed by atoms with Crippen molar-refractivity contribution < 1.29 is 15.0 Å². The van der Waals surface area contributed by atoms with Crippen LogP contribution in [-0.4, -0.2) is 40.4 Å². The second-order valence-corrected chi connectivity index (χ2v) is 5.36. The molecule has 1 fully saturated rings. The number of nitrogens with zero attached hydrogens (tertiary/aromatic N) is 2. The quantitative estimate of drug-likeness (QED) is 0.848. The first-order valence-corrected chi connectivity index (χ1v) is 6.54. The van der Waals surface area contributed by atoms with Crippen LogP contribution in [0.4, 0.5) is 5.82 Å². The maximum absolute atomic E-state index is 11.4. The molecule has 0 aliphatic carbocycles. The van der Waals surface area contributed by atoms with Gasteiger partial charge in [0.1, 0.15) is 11.4 Å². The molecule has 5 heteroatoms. The molecule has 0 bridgehead atoms. The minimum Gasteiger partial charge on any atom is -0.478 e. The van der Waals surface area contributed by atoms with Crippen LogP contribution in [0.5, 0.6) is 0 Å². The van der Waals surface area contributed by atoms with E-state index < -0.39 is 5.97 Å². The molecule has 2 unspecified atom stereocenters. The minimum atomic E-state index is -0.946. The summed E-state index contributed by atoms with van der Waals surface area (Å²) < 4.78 is 0. The highest BCUT2D eigenvalue weighted by atomic mass is 16.4. The van der Waals surface area contributed by atoms with E-state index in [4.69, 9.17) is 0 Å². The Labute approximate surface area is 112 Å². The molecule has 2 atom stereocenters. The van der Waals surface area contributed by atoms with Crippen LogP contribution in [0.3, 0.4) is 0 Å². The standard InChI is InChI=1S/C14H20N2O3/c1-8-6-10(3)15-13(12(8)14(18)19)16-5-4-11(17)9(2)7-16/h6,9,11,17H,4-5,7H2,1-3H3,(H,18,19). The van der Waals surface area contributed by atoms with Crippen molar-refractivity contribution in [3.05, 3.63) is 22.9 Å². The van der Waals surface area contributed by atoms with E-state index in [9.17, 15) is 15.0 Å². The number of pyridine rings is 1. The third kappa shape index (κ3) is 2.71. The molecule has 5 nitrogen and oxygen atoms in total. The van der Waals surface area contributed by atoms with Gasteiger partial charge in [0.2, 0.25) is 0 Å². The van der Waals surface area contributed by atoms with Crippen LogP contribution in [0.2, 0.25) is 0 Å². The van der Waals surface area contributed by atoms with Crippen molar-refractivity contribution >= 4 is 11.8 Å². The predicted molar refractivity (Wildman–Crippen MR) is 72.7 cm³/mol. The zero-order chi connectivity index (χ0) is 14.2. The number of piperidine rings is 1. The summed E-state index contributed by atoms with van der Waals surface area (Å²) in [5, 5.41) is 19.1. The van der Waals surface area contributed by atoms with Gasteiger partial charge in [-0.2, -0.15) is 0 Å². The monoisotopic (exact) mass is 264 g/mol. The van der Waals surface area contributed by atoms with Gasteiger partial charge in [-0.3, -0.25) is 0 Å². The first kappa shape index (κ1) is 13.8. The molecule has 1 aliphatic heterocycles. The van der Waals surface area contributed by atoms with Gasteiger partial charge in [0.05, 0.1) is 6.10 Å². The molecule has 0 saturated carbocycles. The van der Waals surface area contributed by atoms with Gasteiger partial charge in [0, 0.05) is 18.8 Å². The van der Waals surface area contributed by atoms with Crippen molar-refractivity contribution in [3.63, 3.8) is 0 Å². The van der Waals surface area contributed by atoms with E-state index in [0.717, 1.165) is 11.3 Å². The summed E-state index contributed by atoms with van der Waals surface area (Å²) in [5.41, 5.74) is 1.82. The largest absolute Gasteiger partial charge is 0.478 e. The number of carbonyl (C=O) groups is 1. The highest BCUT2D eigenvalue weighted by Gasteiger charge is 2.28. The number of carboxylic acid groups (broad SMARTS) is 1. The van der Waals surface area contributed by atoms with Crippen molar-refractivity contribution in [3.8, 4) is 0 Å². The predicted octanol–water partition coefficient (Wildman–Crippen LogP) is 1.60. The first-order chi connectivity index (χ1) is 8.90. The van der Waals surface area contributed by atoms with Gasteiger partial charge in [-0.25, -0.2) is 9.78 Å². The highest BCUT2D eigenvalue weighted by molar-refractivity contribution is 5.95. The lowest BCUT2D eigenvalue weighted by Gasteiger charge is -2.36. The van der Waals surface area contributed by atoms with Gasteiger partial charge in [-0.15, -0.1) is 0 Å². The molecule has 2 heterocycles. The smallest absolute Gasteiger partial charge is 0.339 e. The normalized spacial score (nSPS) is 23.5. The molecule has 104 valence electrons. The van der Waals surface area contributed by atoms with Gasteiger partial charge in [-0.1, -0.05) is 6.92 Å². The molecule has 2 rings (SSSR count). The van der Waals surface area contributed by atoms with Gasteiger partial charge in [0.15, 0.2) is 0 Å². The van der Waals surface area contributed by atoms with Crippen LogP contribution >= 0.6 is 0 Å². The summed E-state index contributed by atoms with van der Waals surface area (Å²) >= 11 is 0. The van der Waals surface area contributed by atoms with Gasteiger partial charge >= 0.3 is 5.97 Å². The number of rotatable bonds is 2. The van der Waals surface area contributed by atoms with E-state index in [2.05, 4.69) is 4.98 Å². The summed E-state index contributed by atoms with van der Waals surface area (Å²) in [5.74, 6) is -0.291. The lowest BCUT2D eigenvalue weighted by atomic mass is 9.96. The van der Waals surface area contributed by atoms with E-state index >= 15 is 0 Å². The van der Waals surface area contributed by atoms with E-state index in [-0.39, 0.29) is 17.6 Å². The lowest BCUT2D eigenvalue weighted by molar-refractivity contribution is 0.0695. The van der Waals surface area contributed by atoms with E-state index in [1.807, 2.05) is 18.7 Å².